The van der Waals surface area contributed by atoms with Crippen molar-refractivity contribution in [2.24, 2.45) is 0 Å². The number of amides is 1. The van der Waals surface area contributed by atoms with Gasteiger partial charge in [0.2, 0.25) is 0 Å². The Kier molecular flexibility index (Phi) is 2.84. The Morgan fingerprint density at radius 3 is 2.88 bits per heavy atom. The van der Waals surface area contributed by atoms with Crippen LogP contribution >= 0.6 is 11.5 Å². The predicted molar refractivity (Wildman–Crippen MR) is 53.0 cm³/mol. The summed E-state index contributed by atoms with van der Waals surface area (Å²) in [7, 11) is 0. The summed E-state index contributed by atoms with van der Waals surface area (Å²) in [6, 6.07) is -0.968. The average Bonchev–Trinajstić information content (AvgIpc) is 2.84. The average molecular weight is 243 g/mol. The van der Waals surface area contributed by atoms with Crippen molar-refractivity contribution in [2.75, 3.05) is 6.54 Å². The fourth-order valence-corrected chi connectivity index (χ4v) is 2.15. The largest absolute Gasteiger partial charge is 0.480 e. The van der Waals surface area contributed by atoms with Crippen molar-refractivity contribution in [1.82, 2.24) is 14.5 Å². The Morgan fingerprint density at radius 1 is 1.56 bits per heavy atom. The molecule has 2 atom stereocenters. The van der Waals surface area contributed by atoms with E-state index in [1.807, 2.05) is 0 Å². The highest BCUT2D eigenvalue weighted by molar-refractivity contribution is 7.07. The molecule has 1 aromatic heterocycles. The summed E-state index contributed by atoms with van der Waals surface area (Å²) >= 11 is 0.906. The molecule has 0 aliphatic carbocycles. The van der Waals surface area contributed by atoms with Crippen LogP contribution in [0.4, 0.5) is 0 Å². The smallest absolute Gasteiger partial charge is 0.326 e. The van der Waals surface area contributed by atoms with Gasteiger partial charge in [0.05, 0.1) is 12.3 Å². The van der Waals surface area contributed by atoms with Crippen molar-refractivity contribution >= 4 is 23.4 Å². The van der Waals surface area contributed by atoms with E-state index < -0.39 is 24.0 Å². The molecule has 0 spiro atoms. The predicted octanol–water partition coefficient (Wildman–Crippen LogP) is -0.802. The Morgan fingerprint density at radius 2 is 2.31 bits per heavy atom. The number of rotatable bonds is 2. The van der Waals surface area contributed by atoms with Crippen LogP contribution in [0.25, 0.3) is 0 Å². The Hall–Kier alpha value is -1.54. The first-order valence-corrected chi connectivity index (χ1v) is 5.36. The normalized spacial score (nSPS) is 24.7. The highest BCUT2D eigenvalue weighted by Crippen LogP contribution is 2.21. The van der Waals surface area contributed by atoms with E-state index in [-0.39, 0.29) is 17.8 Å². The first kappa shape index (κ1) is 11.0. The summed E-state index contributed by atoms with van der Waals surface area (Å²) in [6.45, 7) is 0.0354. The lowest BCUT2D eigenvalue weighted by molar-refractivity contribution is -0.141. The zero-order valence-electron chi connectivity index (χ0n) is 8.11. The third-order valence-corrected chi connectivity index (χ3v) is 3.05. The molecule has 0 saturated carbocycles. The van der Waals surface area contributed by atoms with Crippen molar-refractivity contribution in [2.45, 2.75) is 18.6 Å². The van der Waals surface area contributed by atoms with Crippen LogP contribution in [-0.4, -0.2) is 55.3 Å². The number of likely N-dealkylation sites (tertiary alicyclic amines) is 1. The molecule has 2 N–H and O–H groups in total. The number of hydrogen-bond donors (Lipinski definition) is 2. The highest BCUT2D eigenvalue weighted by Gasteiger charge is 2.39. The summed E-state index contributed by atoms with van der Waals surface area (Å²) in [5, 5.41) is 21.8. The molecule has 86 valence electrons. The molecular weight excluding hydrogens is 234 g/mol. The van der Waals surface area contributed by atoms with Crippen molar-refractivity contribution in [3.05, 3.63) is 11.1 Å². The molecule has 0 radical (unpaired) electrons. The maximum atomic E-state index is 11.9. The van der Waals surface area contributed by atoms with Gasteiger partial charge in [0.15, 0.2) is 0 Å². The van der Waals surface area contributed by atoms with Gasteiger partial charge in [0.25, 0.3) is 5.91 Å². The second-order valence-corrected chi connectivity index (χ2v) is 4.27. The molecule has 2 unspecified atom stereocenters. The van der Waals surface area contributed by atoms with Crippen LogP contribution in [0.2, 0.25) is 0 Å². The SMILES string of the molecule is O=C(O)C1CC(O)CN1C(=O)c1cnns1. The molecule has 1 amide bonds. The highest BCUT2D eigenvalue weighted by atomic mass is 32.1. The number of carbonyl (C=O) groups excluding carboxylic acids is 1. The molecule has 1 saturated heterocycles. The van der Waals surface area contributed by atoms with Gasteiger partial charge in [-0.2, -0.15) is 0 Å². The van der Waals surface area contributed by atoms with E-state index in [0.29, 0.717) is 0 Å². The van der Waals surface area contributed by atoms with E-state index in [1.54, 1.807) is 0 Å². The maximum Gasteiger partial charge on any atom is 0.326 e. The lowest BCUT2D eigenvalue weighted by atomic mass is 10.2. The molecule has 8 heteroatoms. The van der Waals surface area contributed by atoms with Crippen molar-refractivity contribution < 1.29 is 19.8 Å². The van der Waals surface area contributed by atoms with E-state index >= 15 is 0 Å². The molecule has 1 aliphatic rings. The van der Waals surface area contributed by atoms with E-state index in [9.17, 15) is 14.7 Å². The second-order valence-electron chi connectivity index (χ2n) is 3.48. The number of carboxylic acid groups (broad SMARTS) is 1. The molecule has 2 rings (SSSR count). The quantitative estimate of drug-likeness (QED) is 0.704. The number of β-amino-alcohol motifs (C(OH)–C–C–N with tert-alkyl or cyclic N) is 1. The molecule has 2 heterocycles. The Balaban J connectivity index is 2.20. The molecule has 0 aromatic carbocycles. The first-order valence-electron chi connectivity index (χ1n) is 4.59. The molecule has 1 aromatic rings. The van der Waals surface area contributed by atoms with E-state index in [1.165, 1.54) is 6.20 Å². The minimum absolute atomic E-state index is 0.0354. The summed E-state index contributed by atoms with van der Waals surface area (Å²) in [5.41, 5.74) is 0. The van der Waals surface area contributed by atoms with Crippen LogP contribution < -0.4 is 0 Å². The summed E-state index contributed by atoms with van der Waals surface area (Å²) in [4.78, 5) is 24.2. The fourth-order valence-electron chi connectivity index (χ4n) is 1.68. The van der Waals surface area contributed by atoms with Crippen LogP contribution in [-0.2, 0) is 4.79 Å². The number of aliphatic hydroxyl groups excluding tert-OH is 1. The zero-order chi connectivity index (χ0) is 11.7. The minimum Gasteiger partial charge on any atom is -0.480 e. The van der Waals surface area contributed by atoms with Crippen molar-refractivity contribution in [3.63, 3.8) is 0 Å². The Labute approximate surface area is 94.5 Å². The number of carboxylic acids is 1. The number of hydrogen-bond acceptors (Lipinski definition) is 6. The van der Waals surface area contributed by atoms with Gasteiger partial charge in [-0.3, -0.25) is 4.79 Å². The molecule has 16 heavy (non-hydrogen) atoms. The zero-order valence-corrected chi connectivity index (χ0v) is 8.92. The van der Waals surface area contributed by atoms with E-state index in [2.05, 4.69) is 9.59 Å². The van der Waals surface area contributed by atoms with Crippen LogP contribution in [0.5, 0.6) is 0 Å². The first-order chi connectivity index (χ1) is 7.59. The van der Waals surface area contributed by atoms with Gasteiger partial charge in [-0.25, -0.2) is 4.79 Å². The molecule has 1 fully saturated rings. The van der Waals surface area contributed by atoms with Crippen LogP contribution in [0, 0.1) is 0 Å². The van der Waals surface area contributed by atoms with Gasteiger partial charge in [-0.1, -0.05) is 4.49 Å². The van der Waals surface area contributed by atoms with Gasteiger partial charge in [0, 0.05) is 13.0 Å². The second kappa shape index (κ2) is 4.14. The monoisotopic (exact) mass is 243 g/mol. The lowest BCUT2D eigenvalue weighted by Gasteiger charge is -2.19. The minimum atomic E-state index is -1.11. The maximum absolute atomic E-state index is 11.9. The third kappa shape index (κ3) is 1.89. The topological polar surface area (TPSA) is 104 Å². The number of aliphatic hydroxyl groups is 1. The molecule has 1 aliphatic heterocycles. The standard InChI is InChI=1S/C8H9N3O4S/c12-4-1-5(8(14)15)11(3-4)7(13)6-2-9-10-16-6/h2,4-5,12H,1,3H2,(H,14,15). The molecule has 0 bridgehead atoms. The number of carbonyl (C=O) groups is 2. The summed E-state index contributed by atoms with van der Waals surface area (Å²) in [6.07, 6.45) is 0.565. The number of nitrogens with zero attached hydrogens (tertiary/aromatic N) is 3. The van der Waals surface area contributed by atoms with Crippen LogP contribution in [0.3, 0.4) is 0 Å². The van der Waals surface area contributed by atoms with Gasteiger partial charge >= 0.3 is 5.97 Å². The van der Waals surface area contributed by atoms with Crippen LogP contribution in [0.15, 0.2) is 6.20 Å². The number of aromatic nitrogens is 2. The van der Waals surface area contributed by atoms with Crippen molar-refractivity contribution in [3.8, 4) is 0 Å². The molecular formula is C8H9N3O4S. The fraction of sp³-hybridized carbons (Fsp3) is 0.500. The van der Waals surface area contributed by atoms with Gasteiger partial charge in [0.1, 0.15) is 10.9 Å². The Bertz CT molecular complexity index is 407. The molecule has 7 nitrogen and oxygen atoms in total. The van der Waals surface area contributed by atoms with Gasteiger partial charge < -0.3 is 15.1 Å². The summed E-state index contributed by atoms with van der Waals surface area (Å²) in [5.74, 6) is -1.55. The van der Waals surface area contributed by atoms with E-state index in [0.717, 1.165) is 16.4 Å². The van der Waals surface area contributed by atoms with Crippen molar-refractivity contribution in [1.29, 1.82) is 0 Å². The third-order valence-electron chi connectivity index (χ3n) is 2.40. The van der Waals surface area contributed by atoms with E-state index in [4.69, 9.17) is 5.11 Å². The van der Waals surface area contributed by atoms with Crippen LogP contribution in [0.1, 0.15) is 16.1 Å². The van der Waals surface area contributed by atoms with Gasteiger partial charge in [-0.05, 0) is 11.5 Å². The van der Waals surface area contributed by atoms with Gasteiger partial charge in [-0.15, -0.1) is 5.10 Å². The number of aliphatic carboxylic acids is 1. The summed E-state index contributed by atoms with van der Waals surface area (Å²) < 4.78 is 3.54. The lowest BCUT2D eigenvalue weighted by Crippen LogP contribution is -2.40.